The molecule has 0 radical (unpaired) electrons. The molecule has 1 atom stereocenters. The lowest BCUT2D eigenvalue weighted by atomic mass is 9.94. The Kier molecular flexibility index (Phi) is 3.67. The van der Waals surface area contributed by atoms with Crippen LogP contribution >= 0.6 is 0 Å². The average Bonchev–Trinajstić information content (AvgIpc) is 2.16. The standard InChI is InChI=1S/C11H11F3O2/c1-7-3-2-4-8(5-7)9(15)6-10(16)11(12,13)14/h2,4-5,7H,3,6H2,1H3. The zero-order valence-corrected chi connectivity index (χ0v) is 8.67. The van der Waals surface area contributed by atoms with Crippen molar-refractivity contribution in [1.29, 1.82) is 0 Å². The van der Waals surface area contributed by atoms with E-state index >= 15 is 0 Å². The van der Waals surface area contributed by atoms with Crippen LogP contribution in [0.2, 0.25) is 0 Å². The number of hydrogen-bond acceptors (Lipinski definition) is 2. The minimum Gasteiger partial charge on any atom is -0.294 e. The number of alkyl halides is 3. The van der Waals surface area contributed by atoms with E-state index in [0.29, 0.717) is 0 Å². The highest BCUT2D eigenvalue weighted by Gasteiger charge is 2.39. The SMILES string of the molecule is CC1C=C(C(=O)CC(=O)C(F)(F)F)C=CC1. The summed E-state index contributed by atoms with van der Waals surface area (Å²) in [5, 5.41) is 0. The van der Waals surface area contributed by atoms with Crippen LogP contribution in [0, 0.1) is 5.92 Å². The minimum atomic E-state index is -4.93. The molecule has 0 aromatic rings. The molecule has 0 heterocycles. The van der Waals surface area contributed by atoms with Crippen LogP contribution in [-0.4, -0.2) is 17.7 Å². The second kappa shape index (κ2) is 4.63. The van der Waals surface area contributed by atoms with Gasteiger partial charge in [-0.25, -0.2) is 0 Å². The predicted molar refractivity (Wildman–Crippen MR) is 51.7 cm³/mol. The van der Waals surface area contributed by atoms with E-state index in [4.69, 9.17) is 0 Å². The van der Waals surface area contributed by atoms with Gasteiger partial charge in [0, 0.05) is 5.57 Å². The molecule has 0 aromatic heterocycles. The number of halogens is 3. The van der Waals surface area contributed by atoms with Crippen molar-refractivity contribution in [3.05, 3.63) is 23.8 Å². The topological polar surface area (TPSA) is 34.1 Å². The lowest BCUT2D eigenvalue weighted by Crippen LogP contribution is -2.25. The molecule has 0 spiro atoms. The van der Waals surface area contributed by atoms with Crippen LogP contribution in [0.4, 0.5) is 13.2 Å². The Morgan fingerprint density at radius 2 is 2.06 bits per heavy atom. The van der Waals surface area contributed by atoms with Crippen molar-refractivity contribution < 1.29 is 22.8 Å². The van der Waals surface area contributed by atoms with E-state index in [0.717, 1.165) is 6.42 Å². The predicted octanol–water partition coefficient (Wildman–Crippen LogP) is 2.60. The molecule has 88 valence electrons. The molecule has 0 aromatic carbocycles. The molecule has 1 unspecified atom stereocenters. The van der Waals surface area contributed by atoms with Crippen molar-refractivity contribution in [2.45, 2.75) is 25.9 Å². The molecular formula is C11H11F3O2. The zero-order valence-electron chi connectivity index (χ0n) is 8.67. The van der Waals surface area contributed by atoms with Crippen LogP contribution < -0.4 is 0 Å². The van der Waals surface area contributed by atoms with Gasteiger partial charge in [0.05, 0.1) is 6.42 Å². The Morgan fingerprint density at radius 3 is 2.56 bits per heavy atom. The van der Waals surface area contributed by atoms with Gasteiger partial charge in [-0.1, -0.05) is 25.2 Å². The number of hydrogen-bond donors (Lipinski definition) is 0. The van der Waals surface area contributed by atoms with Crippen molar-refractivity contribution >= 4 is 11.6 Å². The number of ketones is 2. The summed E-state index contributed by atoms with van der Waals surface area (Å²) < 4.78 is 35.7. The van der Waals surface area contributed by atoms with E-state index in [1.54, 1.807) is 12.2 Å². The molecule has 0 amide bonds. The molecule has 16 heavy (non-hydrogen) atoms. The van der Waals surface area contributed by atoms with Crippen LogP contribution in [0.5, 0.6) is 0 Å². The summed E-state index contributed by atoms with van der Waals surface area (Å²) in [6.45, 7) is 1.85. The molecule has 0 bridgehead atoms. The highest BCUT2D eigenvalue weighted by atomic mass is 19.4. The van der Waals surface area contributed by atoms with Crippen molar-refractivity contribution in [2.24, 2.45) is 5.92 Å². The number of carbonyl (C=O) groups is 2. The van der Waals surface area contributed by atoms with E-state index in [2.05, 4.69) is 0 Å². The lowest BCUT2D eigenvalue weighted by molar-refractivity contribution is -0.171. The first-order valence-corrected chi connectivity index (χ1v) is 4.82. The summed E-state index contributed by atoms with van der Waals surface area (Å²) in [4.78, 5) is 22.0. The summed E-state index contributed by atoms with van der Waals surface area (Å²) in [6, 6.07) is 0. The van der Waals surface area contributed by atoms with E-state index in [9.17, 15) is 22.8 Å². The maximum absolute atomic E-state index is 11.9. The normalized spacial score (nSPS) is 20.5. The minimum absolute atomic E-state index is 0.116. The number of carbonyl (C=O) groups excluding carboxylic acids is 2. The number of allylic oxidation sites excluding steroid dienone is 4. The monoisotopic (exact) mass is 232 g/mol. The van der Waals surface area contributed by atoms with Crippen molar-refractivity contribution in [2.75, 3.05) is 0 Å². The van der Waals surface area contributed by atoms with Gasteiger partial charge in [-0.05, 0) is 12.3 Å². The average molecular weight is 232 g/mol. The molecule has 1 rings (SSSR count). The summed E-state index contributed by atoms with van der Waals surface area (Å²) in [5.74, 6) is -2.65. The van der Waals surface area contributed by atoms with Gasteiger partial charge in [-0.15, -0.1) is 0 Å². The molecule has 0 saturated heterocycles. The van der Waals surface area contributed by atoms with E-state index in [-0.39, 0.29) is 11.5 Å². The summed E-state index contributed by atoms with van der Waals surface area (Å²) in [5.41, 5.74) is 0.191. The fourth-order valence-corrected chi connectivity index (χ4v) is 1.37. The van der Waals surface area contributed by atoms with Crippen molar-refractivity contribution in [3.8, 4) is 0 Å². The molecule has 1 aliphatic rings. The summed E-state index contributed by atoms with van der Waals surface area (Å²) >= 11 is 0. The maximum Gasteiger partial charge on any atom is 0.450 e. The van der Waals surface area contributed by atoms with Crippen LogP contribution in [0.1, 0.15) is 19.8 Å². The van der Waals surface area contributed by atoms with Gasteiger partial charge in [-0.3, -0.25) is 9.59 Å². The van der Waals surface area contributed by atoms with Gasteiger partial charge in [-0.2, -0.15) is 13.2 Å². The van der Waals surface area contributed by atoms with Gasteiger partial charge in [0.2, 0.25) is 5.78 Å². The van der Waals surface area contributed by atoms with E-state index in [1.165, 1.54) is 6.08 Å². The Morgan fingerprint density at radius 1 is 1.44 bits per heavy atom. The highest BCUT2D eigenvalue weighted by molar-refractivity contribution is 6.10. The third kappa shape index (κ3) is 3.32. The van der Waals surface area contributed by atoms with Crippen molar-refractivity contribution in [1.82, 2.24) is 0 Å². The highest BCUT2D eigenvalue weighted by Crippen LogP contribution is 2.21. The van der Waals surface area contributed by atoms with Gasteiger partial charge in [0.25, 0.3) is 0 Å². The zero-order chi connectivity index (χ0) is 12.3. The van der Waals surface area contributed by atoms with Gasteiger partial charge in [0.15, 0.2) is 5.78 Å². The first kappa shape index (κ1) is 12.7. The lowest BCUT2D eigenvalue weighted by Gasteiger charge is -2.11. The quantitative estimate of drug-likeness (QED) is 0.701. The molecule has 5 heteroatoms. The van der Waals surface area contributed by atoms with Crippen LogP contribution in [0.15, 0.2) is 23.8 Å². The summed E-state index contributed by atoms with van der Waals surface area (Å²) in [6.07, 6.45) is -0.509. The number of Topliss-reactive ketones (excluding diaryl/α,β-unsaturated/α-hetero) is 2. The van der Waals surface area contributed by atoms with Gasteiger partial charge in [0.1, 0.15) is 0 Å². The number of rotatable bonds is 3. The first-order valence-electron chi connectivity index (χ1n) is 4.82. The molecule has 0 saturated carbocycles. The Bertz CT molecular complexity index is 364. The summed E-state index contributed by atoms with van der Waals surface area (Å²) in [7, 11) is 0. The van der Waals surface area contributed by atoms with Crippen LogP contribution in [0.3, 0.4) is 0 Å². The Balaban J connectivity index is 2.67. The molecule has 0 aliphatic heterocycles. The maximum atomic E-state index is 11.9. The molecule has 1 aliphatic carbocycles. The third-order valence-corrected chi connectivity index (χ3v) is 2.23. The third-order valence-electron chi connectivity index (χ3n) is 2.23. The van der Waals surface area contributed by atoms with Crippen molar-refractivity contribution in [3.63, 3.8) is 0 Å². The van der Waals surface area contributed by atoms with E-state index < -0.39 is 24.2 Å². The first-order chi connectivity index (χ1) is 7.30. The smallest absolute Gasteiger partial charge is 0.294 e. The molecular weight excluding hydrogens is 221 g/mol. The van der Waals surface area contributed by atoms with Crippen LogP contribution in [-0.2, 0) is 9.59 Å². The largest absolute Gasteiger partial charge is 0.450 e. The Hall–Kier alpha value is -1.39. The second-order valence-electron chi connectivity index (χ2n) is 3.76. The molecule has 2 nitrogen and oxygen atoms in total. The fraction of sp³-hybridized carbons (Fsp3) is 0.455. The molecule has 0 N–H and O–H groups in total. The fourth-order valence-electron chi connectivity index (χ4n) is 1.37. The van der Waals surface area contributed by atoms with Gasteiger partial charge >= 0.3 is 6.18 Å². The Labute approximate surface area is 90.8 Å². The van der Waals surface area contributed by atoms with Gasteiger partial charge < -0.3 is 0 Å². The van der Waals surface area contributed by atoms with E-state index in [1.807, 2.05) is 6.92 Å². The second-order valence-corrected chi connectivity index (χ2v) is 3.76. The molecule has 0 fully saturated rings. The van der Waals surface area contributed by atoms with Crippen LogP contribution in [0.25, 0.3) is 0 Å².